The van der Waals surface area contributed by atoms with Crippen molar-refractivity contribution in [3.05, 3.63) is 16.5 Å². The predicted octanol–water partition coefficient (Wildman–Crippen LogP) is 4.31. The zero-order chi connectivity index (χ0) is 15.7. The molecule has 0 radical (unpaired) electrons. The highest BCUT2D eigenvalue weighted by molar-refractivity contribution is 9.10. The van der Waals surface area contributed by atoms with Gasteiger partial charge in [-0.3, -0.25) is 0 Å². The zero-order valence-electron chi connectivity index (χ0n) is 12.2. The van der Waals surface area contributed by atoms with Crippen LogP contribution in [0.2, 0.25) is 0 Å². The van der Waals surface area contributed by atoms with Gasteiger partial charge in [-0.1, -0.05) is 20.8 Å². The minimum Gasteiger partial charge on any atom is -0.345 e. The van der Waals surface area contributed by atoms with Gasteiger partial charge in [-0.2, -0.15) is 13.2 Å². The highest BCUT2D eigenvalue weighted by atomic mass is 79.9. The second-order valence-corrected chi connectivity index (χ2v) is 6.77. The van der Waals surface area contributed by atoms with Crippen molar-refractivity contribution >= 4 is 21.7 Å². The summed E-state index contributed by atoms with van der Waals surface area (Å²) in [7, 11) is 0. The molecule has 0 spiro atoms. The van der Waals surface area contributed by atoms with Gasteiger partial charge in [-0.15, -0.1) is 0 Å². The van der Waals surface area contributed by atoms with Crippen molar-refractivity contribution in [3.63, 3.8) is 0 Å². The maximum absolute atomic E-state index is 12.7. The van der Waals surface area contributed by atoms with E-state index in [9.17, 15) is 13.2 Å². The lowest BCUT2D eigenvalue weighted by Crippen LogP contribution is -2.40. The summed E-state index contributed by atoms with van der Waals surface area (Å²) in [5.41, 5.74) is -0.334. The van der Waals surface area contributed by atoms with Gasteiger partial charge in [0, 0.05) is 17.5 Å². The molecule has 0 bridgehead atoms. The fraction of sp³-hybridized carbons (Fsp3) is 0.692. The van der Waals surface area contributed by atoms with Gasteiger partial charge < -0.3 is 4.90 Å². The maximum Gasteiger partial charge on any atom is 0.405 e. The standard InChI is InChI=1S/C13H19BrF3N3/c1-8(2)20(7-13(15,16)17)10-6-9(14)18-11(19-10)12(3,4)5/h6,8H,7H2,1-5H3. The molecule has 1 aromatic rings. The number of alkyl halides is 3. The van der Waals surface area contributed by atoms with E-state index in [0.29, 0.717) is 10.4 Å². The normalized spacial score (nSPS) is 12.9. The van der Waals surface area contributed by atoms with Crippen molar-refractivity contribution in [2.45, 2.75) is 52.3 Å². The van der Waals surface area contributed by atoms with Crippen LogP contribution in [0.25, 0.3) is 0 Å². The molecule has 0 saturated heterocycles. The minimum absolute atomic E-state index is 0.282. The second kappa shape index (κ2) is 5.87. The van der Waals surface area contributed by atoms with E-state index in [1.165, 1.54) is 11.0 Å². The van der Waals surface area contributed by atoms with Crippen LogP contribution in [-0.4, -0.2) is 28.7 Å². The molecule has 0 atom stereocenters. The van der Waals surface area contributed by atoms with Crippen LogP contribution in [0.1, 0.15) is 40.4 Å². The molecule has 0 aliphatic rings. The van der Waals surface area contributed by atoms with Crippen LogP contribution in [0.3, 0.4) is 0 Å². The molecule has 1 rings (SSSR count). The Kier molecular flexibility index (Phi) is 5.05. The first-order valence-corrected chi connectivity index (χ1v) is 7.08. The summed E-state index contributed by atoms with van der Waals surface area (Å²) in [6, 6.07) is 1.20. The summed E-state index contributed by atoms with van der Waals surface area (Å²) >= 11 is 3.24. The molecule has 0 aliphatic carbocycles. The predicted molar refractivity (Wildman–Crippen MR) is 77.0 cm³/mol. The monoisotopic (exact) mass is 353 g/mol. The van der Waals surface area contributed by atoms with Gasteiger partial charge in [0.15, 0.2) is 0 Å². The van der Waals surface area contributed by atoms with Gasteiger partial charge in [0.2, 0.25) is 0 Å². The summed E-state index contributed by atoms with van der Waals surface area (Å²) < 4.78 is 38.6. The number of hydrogen-bond donors (Lipinski definition) is 0. The van der Waals surface area contributed by atoms with Crippen LogP contribution in [0.15, 0.2) is 10.7 Å². The molecule has 0 N–H and O–H groups in total. The van der Waals surface area contributed by atoms with Gasteiger partial charge >= 0.3 is 6.18 Å². The third-order valence-electron chi connectivity index (χ3n) is 2.62. The maximum atomic E-state index is 12.7. The number of anilines is 1. The smallest absolute Gasteiger partial charge is 0.345 e. The molecule has 0 aliphatic heterocycles. The molecule has 0 amide bonds. The fourth-order valence-electron chi connectivity index (χ4n) is 1.61. The Hall–Kier alpha value is -0.850. The van der Waals surface area contributed by atoms with Crippen molar-refractivity contribution < 1.29 is 13.2 Å². The van der Waals surface area contributed by atoms with Crippen LogP contribution in [-0.2, 0) is 5.41 Å². The summed E-state index contributed by atoms with van der Waals surface area (Å²) in [4.78, 5) is 9.76. The lowest BCUT2D eigenvalue weighted by atomic mass is 9.96. The first-order valence-electron chi connectivity index (χ1n) is 6.28. The topological polar surface area (TPSA) is 29.0 Å². The number of hydrogen-bond acceptors (Lipinski definition) is 3. The van der Waals surface area contributed by atoms with Gasteiger partial charge in [0.05, 0.1) is 0 Å². The molecule has 0 aromatic carbocycles. The van der Waals surface area contributed by atoms with Crippen LogP contribution < -0.4 is 4.90 Å². The van der Waals surface area contributed by atoms with E-state index < -0.39 is 12.7 Å². The Bertz CT molecular complexity index is 467. The Morgan fingerprint density at radius 3 is 2.15 bits per heavy atom. The van der Waals surface area contributed by atoms with Crippen LogP contribution >= 0.6 is 15.9 Å². The van der Waals surface area contributed by atoms with Crippen molar-refractivity contribution in [2.24, 2.45) is 0 Å². The van der Waals surface area contributed by atoms with E-state index in [4.69, 9.17) is 0 Å². The van der Waals surface area contributed by atoms with Crippen LogP contribution in [0, 0.1) is 0 Å². The Morgan fingerprint density at radius 2 is 1.75 bits per heavy atom. The van der Waals surface area contributed by atoms with Crippen molar-refractivity contribution in [2.75, 3.05) is 11.4 Å². The molecule has 0 saturated carbocycles. The highest BCUT2D eigenvalue weighted by Crippen LogP contribution is 2.27. The molecular formula is C13H19BrF3N3. The molecule has 7 heteroatoms. The molecule has 20 heavy (non-hydrogen) atoms. The molecule has 1 heterocycles. The van der Waals surface area contributed by atoms with Crippen molar-refractivity contribution in [1.82, 2.24) is 9.97 Å². The fourth-order valence-corrected chi connectivity index (χ4v) is 1.98. The molecule has 0 fully saturated rings. The first kappa shape index (κ1) is 17.2. The van der Waals surface area contributed by atoms with E-state index in [2.05, 4.69) is 25.9 Å². The largest absolute Gasteiger partial charge is 0.405 e. The van der Waals surface area contributed by atoms with Crippen LogP contribution in [0.5, 0.6) is 0 Å². The summed E-state index contributed by atoms with van der Waals surface area (Å²) in [5, 5.41) is 0. The zero-order valence-corrected chi connectivity index (χ0v) is 13.8. The van der Waals surface area contributed by atoms with E-state index in [-0.39, 0.29) is 17.3 Å². The van der Waals surface area contributed by atoms with Crippen LogP contribution in [0.4, 0.5) is 19.0 Å². The summed E-state index contributed by atoms with van der Waals surface area (Å²) in [6.45, 7) is 8.14. The van der Waals surface area contributed by atoms with E-state index in [0.717, 1.165) is 0 Å². The molecule has 3 nitrogen and oxygen atoms in total. The minimum atomic E-state index is -4.27. The van der Waals surface area contributed by atoms with E-state index in [1.54, 1.807) is 13.8 Å². The summed E-state index contributed by atoms with van der Waals surface area (Å²) in [6.07, 6.45) is -4.27. The van der Waals surface area contributed by atoms with E-state index in [1.807, 2.05) is 20.8 Å². The number of halogens is 4. The van der Waals surface area contributed by atoms with Gasteiger partial charge in [-0.25, -0.2) is 9.97 Å². The third kappa shape index (κ3) is 4.92. The highest BCUT2D eigenvalue weighted by Gasteiger charge is 2.33. The van der Waals surface area contributed by atoms with E-state index >= 15 is 0 Å². The molecule has 0 unspecified atom stereocenters. The van der Waals surface area contributed by atoms with Gasteiger partial charge in [0.1, 0.15) is 22.8 Å². The first-order chi connectivity index (χ1) is 8.90. The van der Waals surface area contributed by atoms with Crippen molar-refractivity contribution in [3.8, 4) is 0 Å². The average Bonchev–Trinajstić information content (AvgIpc) is 2.22. The van der Waals surface area contributed by atoms with Gasteiger partial charge in [0.25, 0.3) is 0 Å². The lowest BCUT2D eigenvalue weighted by molar-refractivity contribution is -0.120. The lowest BCUT2D eigenvalue weighted by Gasteiger charge is -2.30. The molecule has 114 valence electrons. The third-order valence-corrected chi connectivity index (χ3v) is 3.03. The Morgan fingerprint density at radius 1 is 1.20 bits per heavy atom. The number of rotatable bonds is 3. The SMILES string of the molecule is CC(C)N(CC(F)(F)F)c1cc(Br)nc(C(C)(C)C)n1. The summed E-state index contributed by atoms with van der Waals surface area (Å²) in [5.74, 6) is 0.791. The van der Waals surface area contributed by atoms with Crippen molar-refractivity contribution in [1.29, 1.82) is 0 Å². The molecular weight excluding hydrogens is 335 g/mol. The van der Waals surface area contributed by atoms with Gasteiger partial charge in [-0.05, 0) is 29.8 Å². The number of aromatic nitrogens is 2. The Labute approximate surface area is 125 Å². The number of nitrogens with zero attached hydrogens (tertiary/aromatic N) is 3. The average molecular weight is 354 g/mol. The quantitative estimate of drug-likeness (QED) is 0.758. The Balaban J connectivity index is 3.24. The second-order valence-electron chi connectivity index (χ2n) is 5.96. The molecule has 1 aromatic heterocycles.